The molecule has 0 aliphatic carbocycles. The summed E-state index contributed by atoms with van der Waals surface area (Å²) in [5.41, 5.74) is 0.782. The van der Waals surface area contributed by atoms with Gasteiger partial charge in [-0.25, -0.2) is 4.39 Å². The van der Waals surface area contributed by atoms with Gasteiger partial charge in [-0.2, -0.15) is 0 Å². The first-order valence-corrected chi connectivity index (χ1v) is 8.18. The molecular formula is C18H27FN2O3. The molecule has 0 saturated heterocycles. The van der Waals surface area contributed by atoms with Crippen molar-refractivity contribution in [2.75, 3.05) is 20.3 Å². The molecule has 1 aromatic carbocycles. The number of amides is 2. The smallest absolute Gasteiger partial charge is 0.242 e. The quantitative estimate of drug-likeness (QED) is 0.703. The average molecular weight is 338 g/mol. The molecule has 0 saturated carbocycles. The van der Waals surface area contributed by atoms with E-state index in [0.717, 1.165) is 5.56 Å². The zero-order valence-corrected chi connectivity index (χ0v) is 14.8. The molecule has 134 valence electrons. The molecular weight excluding hydrogens is 311 g/mol. The van der Waals surface area contributed by atoms with E-state index in [2.05, 4.69) is 5.32 Å². The number of benzene rings is 1. The monoisotopic (exact) mass is 338 g/mol. The van der Waals surface area contributed by atoms with Crippen LogP contribution < -0.4 is 5.32 Å². The van der Waals surface area contributed by atoms with Crippen LogP contribution in [-0.2, 0) is 20.9 Å². The number of ether oxygens (including phenoxy) is 1. The summed E-state index contributed by atoms with van der Waals surface area (Å²) in [6.07, 6.45) is 0.713. The first-order valence-electron chi connectivity index (χ1n) is 8.18. The van der Waals surface area contributed by atoms with Crippen LogP contribution in [0.5, 0.6) is 0 Å². The number of carbonyl (C=O) groups excluding carboxylic acids is 2. The zero-order valence-electron chi connectivity index (χ0n) is 14.8. The summed E-state index contributed by atoms with van der Waals surface area (Å²) >= 11 is 0. The van der Waals surface area contributed by atoms with Crippen molar-refractivity contribution in [3.05, 3.63) is 35.6 Å². The maximum Gasteiger partial charge on any atom is 0.242 e. The molecule has 1 atom stereocenters. The lowest BCUT2D eigenvalue weighted by molar-refractivity contribution is -0.143. The zero-order chi connectivity index (χ0) is 18.1. The minimum Gasteiger partial charge on any atom is -0.385 e. The molecule has 2 amide bonds. The predicted molar refractivity (Wildman–Crippen MR) is 90.8 cm³/mol. The van der Waals surface area contributed by atoms with Crippen molar-refractivity contribution in [2.24, 2.45) is 5.92 Å². The molecule has 6 heteroatoms. The largest absolute Gasteiger partial charge is 0.385 e. The van der Waals surface area contributed by atoms with E-state index in [-0.39, 0.29) is 30.1 Å². The Hall–Kier alpha value is -1.95. The predicted octanol–water partition coefficient (Wildman–Crippen LogP) is 2.35. The second-order valence-electron chi connectivity index (χ2n) is 6.06. The van der Waals surface area contributed by atoms with E-state index in [9.17, 15) is 14.0 Å². The Labute approximate surface area is 143 Å². The first kappa shape index (κ1) is 20.1. The number of hydrogen-bond donors (Lipinski definition) is 1. The van der Waals surface area contributed by atoms with Crippen LogP contribution >= 0.6 is 0 Å². The van der Waals surface area contributed by atoms with Crippen molar-refractivity contribution < 1.29 is 18.7 Å². The summed E-state index contributed by atoms with van der Waals surface area (Å²) in [5, 5.41) is 2.81. The molecule has 1 unspecified atom stereocenters. The number of rotatable bonds is 9. The highest BCUT2D eigenvalue weighted by Crippen LogP contribution is 2.13. The van der Waals surface area contributed by atoms with Crippen molar-refractivity contribution in [3.63, 3.8) is 0 Å². The molecule has 1 aromatic rings. The molecule has 0 bridgehead atoms. The highest BCUT2D eigenvalue weighted by Gasteiger charge is 2.27. The second kappa shape index (κ2) is 10.0. The lowest BCUT2D eigenvalue weighted by Gasteiger charge is -2.30. The van der Waals surface area contributed by atoms with Crippen LogP contribution in [0.4, 0.5) is 4.39 Å². The summed E-state index contributed by atoms with van der Waals surface area (Å²) in [4.78, 5) is 26.3. The maximum atomic E-state index is 13.0. The summed E-state index contributed by atoms with van der Waals surface area (Å²) in [6.45, 7) is 6.63. The van der Waals surface area contributed by atoms with E-state index in [0.29, 0.717) is 19.6 Å². The first-order chi connectivity index (χ1) is 11.4. The molecule has 1 N–H and O–H groups in total. The van der Waals surface area contributed by atoms with Crippen molar-refractivity contribution in [1.29, 1.82) is 0 Å². The van der Waals surface area contributed by atoms with Crippen molar-refractivity contribution in [3.8, 4) is 0 Å². The Kier molecular flexibility index (Phi) is 8.40. The molecule has 0 aromatic heterocycles. The van der Waals surface area contributed by atoms with E-state index in [1.54, 1.807) is 40.0 Å². The second-order valence-corrected chi connectivity index (χ2v) is 6.06. The van der Waals surface area contributed by atoms with Gasteiger partial charge in [0.2, 0.25) is 11.8 Å². The van der Waals surface area contributed by atoms with Crippen LogP contribution in [0.3, 0.4) is 0 Å². The van der Waals surface area contributed by atoms with E-state index in [4.69, 9.17) is 4.74 Å². The molecule has 0 radical (unpaired) electrons. The Morgan fingerprint density at radius 2 is 1.83 bits per heavy atom. The van der Waals surface area contributed by atoms with Gasteiger partial charge in [-0.3, -0.25) is 9.59 Å². The molecule has 24 heavy (non-hydrogen) atoms. The van der Waals surface area contributed by atoms with Crippen molar-refractivity contribution in [2.45, 2.75) is 39.8 Å². The molecule has 1 rings (SSSR count). The fraction of sp³-hybridized carbons (Fsp3) is 0.556. The van der Waals surface area contributed by atoms with Gasteiger partial charge >= 0.3 is 0 Å². The van der Waals surface area contributed by atoms with Gasteiger partial charge in [-0.15, -0.1) is 0 Å². The van der Waals surface area contributed by atoms with E-state index < -0.39 is 6.04 Å². The summed E-state index contributed by atoms with van der Waals surface area (Å²) in [5.74, 6) is -0.875. The lowest BCUT2D eigenvalue weighted by Crippen LogP contribution is -2.49. The van der Waals surface area contributed by atoms with Gasteiger partial charge < -0.3 is 15.0 Å². The van der Waals surface area contributed by atoms with Crippen LogP contribution in [0.25, 0.3) is 0 Å². The number of carbonyl (C=O) groups is 2. The number of hydrogen-bond acceptors (Lipinski definition) is 3. The van der Waals surface area contributed by atoms with Gasteiger partial charge in [0.15, 0.2) is 0 Å². The Morgan fingerprint density at radius 1 is 1.21 bits per heavy atom. The minimum atomic E-state index is -0.604. The van der Waals surface area contributed by atoms with Gasteiger partial charge in [-0.1, -0.05) is 26.0 Å². The fourth-order valence-corrected chi connectivity index (χ4v) is 2.24. The summed E-state index contributed by atoms with van der Waals surface area (Å²) in [7, 11) is 1.61. The number of halogens is 1. The van der Waals surface area contributed by atoms with Gasteiger partial charge in [0.1, 0.15) is 11.9 Å². The molecule has 0 spiro atoms. The summed E-state index contributed by atoms with van der Waals surface area (Å²) < 4.78 is 18.0. The standard InChI is InChI=1S/C18H27FN2O3/c1-13(2)18(23)21(12-15-6-8-16(19)9-7-15)14(3)17(22)20-10-5-11-24-4/h6-9,13-14H,5,10-12H2,1-4H3,(H,20,22). The van der Waals surface area contributed by atoms with Gasteiger partial charge in [0, 0.05) is 32.7 Å². The molecule has 0 heterocycles. The minimum absolute atomic E-state index is 0.112. The highest BCUT2D eigenvalue weighted by atomic mass is 19.1. The van der Waals surface area contributed by atoms with Crippen molar-refractivity contribution in [1.82, 2.24) is 10.2 Å². The van der Waals surface area contributed by atoms with Gasteiger partial charge in [-0.05, 0) is 31.0 Å². The maximum absolute atomic E-state index is 13.0. The fourth-order valence-electron chi connectivity index (χ4n) is 2.24. The van der Waals surface area contributed by atoms with Gasteiger partial charge in [0.25, 0.3) is 0 Å². The van der Waals surface area contributed by atoms with Crippen molar-refractivity contribution >= 4 is 11.8 Å². The van der Waals surface area contributed by atoms with Crippen LogP contribution in [0.15, 0.2) is 24.3 Å². The average Bonchev–Trinajstić information content (AvgIpc) is 2.56. The number of nitrogens with zero attached hydrogens (tertiary/aromatic N) is 1. The molecule has 0 aliphatic rings. The van der Waals surface area contributed by atoms with E-state index in [1.807, 2.05) is 0 Å². The molecule has 0 fully saturated rings. The third kappa shape index (κ3) is 6.28. The van der Waals surface area contributed by atoms with Crippen LogP contribution in [0.1, 0.15) is 32.8 Å². The number of nitrogens with one attached hydrogen (secondary N) is 1. The Balaban J connectivity index is 2.78. The SMILES string of the molecule is COCCCNC(=O)C(C)N(Cc1ccc(F)cc1)C(=O)C(C)C. The van der Waals surface area contributed by atoms with E-state index >= 15 is 0 Å². The normalized spacial score (nSPS) is 12.1. The summed E-state index contributed by atoms with van der Waals surface area (Å²) in [6, 6.07) is 5.34. The molecule has 5 nitrogen and oxygen atoms in total. The van der Waals surface area contributed by atoms with Crippen LogP contribution in [-0.4, -0.2) is 43.0 Å². The lowest BCUT2D eigenvalue weighted by atomic mass is 10.1. The third-order valence-corrected chi connectivity index (χ3v) is 3.71. The van der Waals surface area contributed by atoms with Crippen LogP contribution in [0, 0.1) is 11.7 Å². The number of methoxy groups -OCH3 is 1. The van der Waals surface area contributed by atoms with Gasteiger partial charge in [0.05, 0.1) is 0 Å². The highest BCUT2D eigenvalue weighted by molar-refractivity contribution is 5.88. The topological polar surface area (TPSA) is 58.6 Å². The molecule has 0 aliphatic heterocycles. The Bertz CT molecular complexity index is 532. The Morgan fingerprint density at radius 3 is 2.38 bits per heavy atom. The third-order valence-electron chi connectivity index (χ3n) is 3.71. The van der Waals surface area contributed by atoms with E-state index in [1.165, 1.54) is 17.0 Å². The van der Waals surface area contributed by atoms with Crippen LogP contribution in [0.2, 0.25) is 0 Å².